The van der Waals surface area contributed by atoms with Crippen molar-refractivity contribution >= 4 is 0 Å². The van der Waals surface area contributed by atoms with Gasteiger partial charge in [-0.3, -0.25) is 0 Å². The Bertz CT molecular complexity index is 138. The van der Waals surface area contributed by atoms with Gasteiger partial charge in [-0.15, -0.1) is 0 Å². The van der Waals surface area contributed by atoms with E-state index in [1.165, 1.54) is 44.9 Å². The molecule has 2 saturated carbocycles. The van der Waals surface area contributed by atoms with E-state index < -0.39 is 0 Å². The van der Waals surface area contributed by atoms with Gasteiger partial charge in [0.15, 0.2) is 0 Å². The van der Waals surface area contributed by atoms with E-state index in [0.29, 0.717) is 0 Å². The molecule has 2 rings (SSSR count). The number of rotatable bonds is 1. The minimum atomic E-state index is 0.755. The quantitative estimate of drug-likeness (QED) is 0.614. The van der Waals surface area contributed by atoms with Crippen molar-refractivity contribution in [1.82, 2.24) is 0 Å². The van der Waals surface area contributed by atoms with Crippen molar-refractivity contribution in [2.24, 2.45) is 17.1 Å². The largest absolute Gasteiger partial charge is 0.330 e. The summed E-state index contributed by atoms with van der Waals surface area (Å²) in [7, 11) is 0. The molecule has 0 unspecified atom stereocenters. The Morgan fingerprint density at radius 2 is 1.91 bits per heavy atom. The van der Waals surface area contributed by atoms with E-state index in [4.69, 9.17) is 5.73 Å². The summed E-state index contributed by atoms with van der Waals surface area (Å²) in [6, 6.07) is 0. The third kappa shape index (κ3) is 1.31. The van der Waals surface area contributed by atoms with E-state index in [1.807, 2.05) is 0 Å². The van der Waals surface area contributed by atoms with E-state index >= 15 is 0 Å². The monoisotopic (exact) mass is 153 g/mol. The first kappa shape index (κ1) is 7.60. The molecule has 1 spiro atoms. The Morgan fingerprint density at radius 1 is 1.09 bits per heavy atom. The van der Waals surface area contributed by atoms with Crippen LogP contribution in [0, 0.1) is 11.3 Å². The topological polar surface area (TPSA) is 26.0 Å². The van der Waals surface area contributed by atoms with Crippen molar-refractivity contribution in [3.05, 3.63) is 0 Å². The van der Waals surface area contributed by atoms with Gasteiger partial charge in [0, 0.05) is 0 Å². The molecule has 1 heteroatoms. The highest BCUT2D eigenvalue weighted by molar-refractivity contribution is 4.99. The summed E-state index contributed by atoms with van der Waals surface area (Å²) in [4.78, 5) is 0. The lowest BCUT2D eigenvalue weighted by atomic mass is 9.85. The van der Waals surface area contributed by atoms with Gasteiger partial charge in [0.2, 0.25) is 0 Å². The highest BCUT2D eigenvalue weighted by Crippen LogP contribution is 2.58. The van der Waals surface area contributed by atoms with Crippen molar-refractivity contribution in [1.29, 1.82) is 0 Å². The van der Waals surface area contributed by atoms with Crippen LogP contribution in [0.25, 0.3) is 0 Å². The van der Waals surface area contributed by atoms with E-state index in [2.05, 4.69) is 0 Å². The fraction of sp³-hybridized carbons (Fsp3) is 1.00. The van der Waals surface area contributed by atoms with Crippen molar-refractivity contribution in [3.8, 4) is 0 Å². The number of hydrogen-bond donors (Lipinski definition) is 1. The third-order valence-corrected chi connectivity index (χ3v) is 3.77. The summed E-state index contributed by atoms with van der Waals surface area (Å²) in [5.74, 6) is 0.880. The highest BCUT2D eigenvalue weighted by atomic mass is 14.6. The molecule has 0 heterocycles. The van der Waals surface area contributed by atoms with Crippen LogP contribution < -0.4 is 5.73 Å². The molecule has 2 aliphatic carbocycles. The summed E-state index contributed by atoms with van der Waals surface area (Å²) in [5.41, 5.74) is 6.54. The Morgan fingerprint density at radius 3 is 2.55 bits per heavy atom. The normalized spacial score (nSPS) is 35.2. The number of hydrogen-bond acceptors (Lipinski definition) is 1. The SMILES string of the molecule is NC[C@@H]1CCCCCC12CC2. The average molecular weight is 153 g/mol. The lowest BCUT2D eigenvalue weighted by Gasteiger charge is -2.22. The van der Waals surface area contributed by atoms with Gasteiger partial charge in [0.25, 0.3) is 0 Å². The summed E-state index contributed by atoms with van der Waals surface area (Å²) < 4.78 is 0. The molecular weight excluding hydrogens is 134 g/mol. The molecule has 0 aromatic rings. The van der Waals surface area contributed by atoms with E-state index in [9.17, 15) is 0 Å². The summed E-state index contributed by atoms with van der Waals surface area (Å²) >= 11 is 0. The maximum atomic E-state index is 5.79. The third-order valence-electron chi connectivity index (χ3n) is 3.77. The molecule has 11 heavy (non-hydrogen) atoms. The zero-order valence-corrected chi connectivity index (χ0v) is 7.31. The molecule has 0 aliphatic heterocycles. The van der Waals surface area contributed by atoms with Crippen LogP contribution >= 0.6 is 0 Å². The Balaban J connectivity index is 2.01. The molecule has 0 aromatic carbocycles. The molecule has 0 bridgehead atoms. The molecule has 0 radical (unpaired) electrons. The van der Waals surface area contributed by atoms with Gasteiger partial charge in [-0.1, -0.05) is 19.3 Å². The molecule has 0 amide bonds. The van der Waals surface area contributed by atoms with Crippen molar-refractivity contribution in [2.75, 3.05) is 6.54 Å². The second-order valence-corrected chi connectivity index (χ2v) is 4.39. The average Bonchev–Trinajstić information content (AvgIpc) is 2.80. The lowest BCUT2D eigenvalue weighted by Crippen LogP contribution is -2.23. The van der Waals surface area contributed by atoms with Gasteiger partial charge in [0.1, 0.15) is 0 Å². The lowest BCUT2D eigenvalue weighted by molar-refractivity contribution is 0.295. The van der Waals surface area contributed by atoms with Crippen LogP contribution in [0.2, 0.25) is 0 Å². The zero-order valence-electron chi connectivity index (χ0n) is 7.31. The van der Waals surface area contributed by atoms with Gasteiger partial charge >= 0.3 is 0 Å². The first-order valence-electron chi connectivity index (χ1n) is 5.07. The molecule has 1 nitrogen and oxygen atoms in total. The Labute approximate surface area is 69.4 Å². The highest BCUT2D eigenvalue weighted by Gasteiger charge is 2.47. The first-order chi connectivity index (χ1) is 5.37. The fourth-order valence-electron chi connectivity index (χ4n) is 2.74. The standard InChI is InChI=1S/C10H19N/c11-8-9-4-2-1-3-5-10(9)6-7-10/h9H,1-8,11H2/t9-/m0/s1. The predicted octanol–water partition coefficient (Wildman–Crippen LogP) is 2.31. The van der Waals surface area contributed by atoms with Crippen molar-refractivity contribution < 1.29 is 0 Å². The zero-order chi connectivity index (χ0) is 7.73. The van der Waals surface area contributed by atoms with Crippen LogP contribution in [-0.2, 0) is 0 Å². The van der Waals surface area contributed by atoms with Gasteiger partial charge in [-0.25, -0.2) is 0 Å². The summed E-state index contributed by atoms with van der Waals surface area (Å²) in [6.45, 7) is 0.944. The molecule has 0 aromatic heterocycles. The maximum absolute atomic E-state index is 5.79. The predicted molar refractivity (Wildman–Crippen MR) is 47.3 cm³/mol. The van der Waals surface area contributed by atoms with E-state index in [0.717, 1.165) is 17.9 Å². The van der Waals surface area contributed by atoms with Crippen LogP contribution in [0.4, 0.5) is 0 Å². The van der Waals surface area contributed by atoms with Crippen LogP contribution in [0.3, 0.4) is 0 Å². The van der Waals surface area contributed by atoms with Gasteiger partial charge in [-0.05, 0) is 43.6 Å². The van der Waals surface area contributed by atoms with Crippen LogP contribution in [0.15, 0.2) is 0 Å². The summed E-state index contributed by atoms with van der Waals surface area (Å²) in [6.07, 6.45) is 10.2. The van der Waals surface area contributed by atoms with Gasteiger partial charge < -0.3 is 5.73 Å². The molecule has 0 saturated heterocycles. The first-order valence-corrected chi connectivity index (χ1v) is 5.07. The van der Waals surface area contributed by atoms with Crippen LogP contribution in [-0.4, -0.2) is 6.54 Å². The summed E-state index contributed by atoms with van der Waals surface area (Å²) in [5, 5.41) is 0. The van der Waals surface area contributed by atoms with E-state index in [-0.39, 0.29) is 0 Å². The molecule has 2 fully saturated rings. The fourth-order valence-corrected chi connectivity index (χ4v) is 2.74. The molecule has 2 aliphatic rings. The van der Waals surface area contributed by atoms with Crippen LogP contribution in [0.1, 0.15) is 44.9 Å². The molecule has 1 atom stereocenters. The van der Waals surface area contributed by atoms with Crippen molar-refractivity contribution in [2.45, 2.75) is 44.9 Å². The number of nitrogens with two attached hydrogens (primary N) is 1. The smallest absolute Gasteiger partial charge is 0.00436 e. The molecule has 64 valence electrons. The van der Waals surface area contributed by atoms with Crippen LogP contribution in [0.5, 0.6) is 0 Å². The second-order valence-electron chi connectivity index (χ2n) is 4.39. The van der Waals surface area contributed by atoms with Crippen molar-refractivity contribution in [3.63, 3.8) is 0 Å². The minimum absolute atomic E-state index is 0.755. The Kier molecular flexibility index (Phi) is 1.92. The van der Waals surface area contributed by atoms with E-state index in [1.54, 1.807) is 0 Å². The molecule has 2 N–H and O–H groups in total. The maximum Gasteiger partial charge on any atom is -0.00436 e. The minimum Gasteiger partial charge on any atom is -0.330 e. The molecular formula is C10H19N. The van der Waals surface area contributed by atoms with Gasteiger partial charge in [0.05, 0.1) is 0 Å². The Hall–Kier alpha value is -0.0400. The second kappa shape index (κ2) is 2.78. The van der Waals surface area contributed by atoms with Gasteiger partial charge in [-0.2, -0.15) is 0 Å².